The minimum atomic E-state index is -0.970. The highest BCUT2D eigenvalue weighted by Gasteiger charge is 2.32. The molecule has 8 nitrogen and oxygen atoms in total. The van der Waals surface area contributed by atoms with Crippen molar-refractivity contribution in [2.24, 2.45) is 11.0 Å². The van der Waals surface area contributed by atoms with E-state index in [0.29, 0.717) is 12.3 Å². The van der Waals surface area contributed by atoms with Gasteiger partial charge in [-0.05, 0) is 29.0 Å². The Morgan fingerprint density at radius 1 is 1.06 bits per heavy atom. The number of hydrazine groups is 2. The quantitative estimate of drug-likeness (QED) is 0.455. The molecule has 170 valence electrons. The molecule has 1 aliphatic rings. The maximum atomic E-state index is 12.9. The number of nitrogens with zero attached hydrogens (tertiary/aromatic N) is 2. The zero-order valence-corrected chi connectivity index (χ0v) is 18.8. The molecule has 1 atom stereocenters. The first-order chi connectivity index (χ1) is 15.4. The molecule has 2 aromatic carbocycles. The van der Waals surface area contributed by atoms with Crippen LogP contribution in [0.15, 0.2) is 53.6 Å². The fraction of sp³-hybridized carbons (Fsp3) is 0.375. The second-order valence-electron chi connectivity index (χ2n) is 8.22. The zero-order chi connectivity index (χ0) is 23.1. The van der Waals surface area contributed by atoms with Crippen LogP contribution in [0.1, 0.15) is 51.2 Å². The average Bonchev–Trinajstić information content (AvgIpc) is 3.32. The molecule has 0 fully saturated rings. The number of rotatable bonds is 10. The van der Waals surface area contributed by atoms with Crippen molar-refractivity contribution in [3.8, 4) is 11.1 Å². The number of carboxylic acids is 1. The number of hydrogen-bond acceptors (Lipinski definition) is 6. The first-order valence-corrected chi connectivity index (χ1v) is 11.0. The number of aliphatic carboxylic acids is 1. The van der Waals surface area contributed by atoms with Crippen molar-refractivity contribution in [2.75, 3.05) is 0 Å². The molecule has 0 spiro atoms. The molecule has 4 N–H and O–H groups in total. The number of amides is 1. The fourth-order valence-corrected chi connectivity index (χ4v) is 3.85. The number of benzene rings is 2. The van der Waals surface area contributed by atoms with Crippen molar-refractivity contribution < 1.29 is 14.7 Å². The maximum absolute atomic E-state index is 12.9. The first kappa shape index (κ1) is 23.3. The predicted molar refractivity (Wildman–Crippen MR) is 124 cm³/mol. The maximum Gasteiger partial charge on any atom is 0.326 e. The van der Waals surface area contributed by atoms with E-state index in [1.54, 1.807) is 0 Å². The predicted octanol–water partition coefficient (Wildman–Crippen LogP) is 3.26. The highest BCUT2D eigenvalue weighted by Crippen LogP contribution is 2.26. The minimum Gasteiger partial charge on any atom is -0.480 e. The Balaban J connectivity index is 1.85. The molecule has 1 amide bonds. The molecule has 0 saturated carbocycles. The lowest BCUT2D eigenvalue weighted by Crippen LogP contribution is -2.47. The molecule has 0 aliphatic carbocycles. The number of unbranched alkanes of at least 4 members (excludes halogenated alkanes) is 1. The van der Waals surface area contributed by atoms with E-state index >= 15 is 0 Å². The van der Waals surface area contributed by atoms with E-state index in [1.807, 2.05) is 69.3 Å². The van der Waals surface area contributed by atoms with Crippen LogP contribution >= 0.6 is 0 Å². The van der Waals surface area contributed by atoms with Gasteiger partial charge in [-0.3, -0.25) is 10.2 Å². The van der Waals surface area contributed by atoms with Crippen LogP contribution in [-0.4, -0.2) is 33.8 Å². The highest BCUT2D eigenvalue weighted by atomic mass is 16.4. The van der Waals surface area contributed by atoms with Crippen LogP contribution in [0.5, 0.6) is 0 Å². The molecule has 32 heavy (non-hydrogen) atoms. The number of hydrazone groups is 1. The Hall–Kier alpha value is -3.39. The Kier molecular flexibility index (Phi) is 7.83. The zero-order valence-electron chi connectivity index (χ0n) is 18.8. The van der Waals surface area contributed by atoms with Crippen molar-refractivity contribution in [3.63, 3.8) is 0 Å². The summed E-state index contributed by atoms with van der Waals surface area (Å²) in [6.45, 7) is 5.95. The SMILES string of the molecule is CCCCC(=O)N(Cc1ccc(-c2ccccc2C2=NNNN2)cc1)C(C(=O)O)C(C)C. The standard InChI is InChI=1S/C24H31N5O3/c1-4-5-10-21(30)29(22(16(2)3)24(31)32)15-17-11-13-18(14-12-17)19-8-6-7-9-20(19)23-25-27-28-26-23/h6-9,11-14,16,22,27-28H,4-5,10,15H2,1-3H3,(H,25,26)(H,31,32). The number of carbonyl (C=O) groups is 2. The molecule has 1 unspecified atom stereocenters. The van der Waals surface area contributed by atoms with Gasteiger partial charge in [-0.15, -0.1) is 10.6 Å². The average molecular weight is 438 g/mol. The van der Waals surface area contributed by atoms with Gasteiger partial charge in [0.05, 0.1) is 0 Å². The summed E-state index contributed by atoms with van der Waals surface area (Å²) >= 11 is 0. The van der Waals surface area contributed by atoms with E-state index in [1.165, 1.54) is 4.90 Å². The summed E-state index contributed by atoms with van der Waals surface area (Å²) in [5.74, 6) is -0.583. The van der Waals surface area contributed by atoms with Gasteiger partial charge in [0, 0.05) is 18.5 Å². The number of nitrogens with one attached hydrogen (secondary N) is 3. The summed E-state index contributed by atoms with van der Waals surface area (Å²) in [6.07, 6.45) is 1.99. The number of carboxylic acid groups (broad SMARTS) is 1. The van der Waals surface area contributed by atoms with Crippen molar-refractivity contribution in [1.82, 2.24) is 21.4 Å². The second kappa shape index (κ2) is 10.8. The number of carbonyl (C=O) groups excluding carboxylic acids is 1. The number of hydrogen-bond donors (Lipinski definition) is 4. The van der Waals surface area contributed by atoms with Gasteiger partial charge >= 0.3 is 5.97 Å². The normalized spacial score (nSPS) is 13.8. The molecule has 0 bridgehead atoms. The highest BCUT2D eigenvalue weighted by molar-refractivity contribution is 6.04. The van der Waals surface area contributed by atoms with Gasteiger partial charge < -0.3 is 10.0 Å². The summed E-state index contributed by atoms with van der Waals surface area (Å²) in [5, 5.41) is 14.0. The van der Waals surface area contributed by atoms with Gasteiger partial charge in [0.25, 0.3) is 0 Å². The second-order valence-corrected chi connectivity index (χ2v) is 8.22. The van der Waals surface area contributed by atoms with Crippen LogP contribution in [0.3, 0.4) is 0 Å². The monoisotopic (exact) mass is 437 g/mol. The lowest BCUT2D eigenvalue weighted by Gasteiger charge is -2.32. The van der Waals surface area contributed by atoms with Crippen LogP contribution in [0.25, 0.3) is 11.1 Å². The Morgan fingerprint density at radius 2 is 1.75 bits per heavy atom. The van der Waals surface area contributed by atoms with Crippen LogP contribution in [0.2, 0.25) is 0 Å². The van der Waals surface area contributed by atoms with Crippen LogP contribution in [0.4, 0.5) is 0 Å². The van der Waals surface area contributed by atoms with Gasteiger partial charge in [0.15, 0.2) is 5.84 Å². The molecular formula is C24H31N5O3. The van der Waals surface area contributed by atoms with E-state index in [9.17, 15) is 14.7 Å². The third-order valence-electron chi connectivity index (χ3n) is 5.49. The smallest absolute Gasteiger partial charge is 0.326 e. The van der Waals surface area contributed by atoms with E-state index in [4.69, 9.17) is 0 Å². The van der Waals surface area contributed by atoms with Gasteiger partial charge in [-0.2, -0.15) is 0 Å². The minimum absolute atomic E-state index is 0.118. The summed E-state index contributed by atoms with van der Waals surface area (Å²) < 4.78 is 0. The lowest BCUT2D eigenvalue weighted by molar-refractivity contribution is -0.153. The van der Waals surface area contributed by atoms with E-state index in [-0.39, 0.29) is 18.4 Å². The summed E-state index contributed by atoms with van der Waals surface area (Å²) in [6, 6.07) is 15.0. The van der Waals surface area contributed by atoms with Gasteiger partial charge in [-0.1, -0.05) is 75.7 Å². The Labute approximate surface area is 188 Å². The molecule has 8 heteroatoms. The largest absolute Gasteiger partial charge is 0.480 e. The molecule has 2 aromatic rings. The van der Waals surface area contributed by atoms with Crippen LogP contribution in [0, 0.1) is 5.92 Å². The van der Waals surface area contributed by atoms with Gasteiger partial charge in [-0.25, -0.2) is 10.3 Å². The first-order valence-electron chi connectivity index (χ1n) is 11.0. The van der Waals surface area contributed by atoms with Crippen molar-refractivity contribution in [2.45, 2.75) is 52.6 Å². The summed E-state index contributed by atoms with van der Waals surface area (Å²) in [4.78, 5) is 26.3. The third kappa shape index (κ3) is 5.45. The van der Waals surface area contributed by atoms with Gasteiger partial charge in [0.1, 0.15) is 6.04 Å². The summed E-state index contributed by atoms with van der Waals surface area (Å²) in [7, 11) is 0. The van der Waals surface area contributed by atoms with E-state index in [0.717, 1.165) is 35.1 Å². The van der Waals surface area contributed by atoms with E-state index < -0.39 is 12.0 Å². The lowest BCUT2D eigenvalue weighted by atomic mass is 9.97. The molecule has 0 saturated heterocycles. The molecule has 1 heterocycles. The molecular weight excluding hydrogens is 406 g/mol. The summed E-state index contributed by atoms with van der Waals surface area (Å²) in [5.41, 5.74) is 12.2. The molecule has 0 aromatic heterocycles. The van der Waals surface area contributed by atoms with Crippen LogP contribution in [-0.2, 0) is 16.1 Å². The van der Waals surface area contributed by atoms with Gasteiger partial charge in [0.2, 0.25) is 5.91 Å². The molecule has 3 rings (SSSR count). The Bertz CT molecular complexity index is 972. The fourth-order valence-electron chi connectivity index (χ4n) is 3.85. The topological polar surface area (TPSA) is 106 Å². The number of amidine groups is 1. The van der Waals surface area contributed by atoms with Crippen molar-refractivity contribution >= 4 is 17.7 Å². The van der Waals surface area contributed by atoms with Crippen LogP contribution < -0.4 is 16.5 Å². The third-order valence-corrected chi connectivity index (χ3v) is 5.49. The molecule has 0 radical (unpaired) electrons. The van der Waals surface area contributed by atoms with Crippen molar-refractivity contribution in [1.29, 1.82) is 0 Å². The van der Waals surface area contributed by atoms with E-state index in [2.05, 4.69) is 21.6 Å². The van der Waals surface area contributed by atoms with Crippen molar-refractivity contribution in [3.05, 3.63) is 59.7 Å². The Morgan fingerprint density at radius 3 is 2.31 bits per heavy atom. The molecule has 1 aliphatic heterocycles.